The maximum atomic E-state index is 12.4. The molecule has 0 spiro atoms. The minimum atomic E-state index is -4.76. The van der Waals surface area contributed by atoms with Crippen LogP contribution in [0.4, 0.5) is 0 Å². The fourth-order valence-electron chi connectivity index (χ4n) is 5.51. The number of likely N-dealkylation sites (tertiary alicyclic amines) is 1. The van der Waals surface area contributed by atoms with Crippen molar-refractivity contribution in [1.82, 2.24) is 4.90 Å². The third kappa shape index (κ3) is 4.68. The number of piperidine rings is 1. The molecular weight excluding hydrogens is 470 g/mol. The van der Waals surface area contributed by atoms with Crippen molar-refractivity contribution in [3.05, 3.63) is 23.3 Å². The summed E-state index contributed by atoms with van der Waals surface area (Å²) in [5.74, 6) is -1.71. The van der Waals surface area contributed by atoms with Crippen molar-refractivity contribution in [3.8, 4) is 5.75 Å². The Morgan fingerprint density at radius 3 is 2.56 bits per heavy atom. The Balaban J connectivity index is 1.69. The predicted molar refractivity (Wildman–Crippen MR) is 117 cm³/mol. The molecule has 7 atom stereocenters. The van der Waals surface area contributed by atoms with E-state index in [0.29, 0.717) is 18.4 Å². The molecule has 1 aromatic rings. The fourth-order valence-corrected chi connectivity index (χ4v) is 6.41. The lowest BCUT2D eigenvalue weighted by Crippen LogP contribution is -2.61. The minimum Gasteiger partial charge on any atom is -0.479 e. The van der Waals surface area contributed by atoms with Gasteiger partial charge in [-0.05, 0) is 68.3 Å². The maximum absolute atomic E-state index is 12.4. The van der Waals surface area contributed by atoms with E-state index < -0.39 is 51.7 Å². The summed E-state index contributed by atoms with van der Waals surface area (Å²) in [4.78, 5) is 13.4. The van der Waals surface area contributed by atoms with Gasteiger partial charge in [0.15, 0.2) is 6.10 Å². The standard InChI is InChI=1S/C22H31NO10S/c1-2-7-23-8-3-4-12-9-13-11(10-14(12)23)5-6-15(20(13)34(29,30)31)32-22-18(26)16(24)17(25)19(33-22)21(27)28/h5-6,12,14,16-19,22,24-26H,2-4,7-10H2,1H3,(H,27,28)(H,29,30,31)/t12-,14-,16+,17+,18-,19?,22-/m1/s1. The predicted octanol–water partition coefficient (Wildman–Crippen LogP) is -0.206. The first kappa shape index (κ1) is 25.3. The van der Waals surface area contributed by atoms with Crippen molar-refractivity contribution < 1.29 is 47.7 Å². The molecule has 2 heterocycles. The highest BCUT2D eigenvalue weighted by Gasteiger charge is 2.48. The lowest BCUT2D eigenvalue weighted by molar-refractivity contribution is -0.271. The summed E-state index contributed by atoms with van der Waals surface area (Å²) < 4.78 is 45.6. The smallest absolute Gasteiger partial charge is 0.335 e. The fraction of sp³-hybridized carbons (Fsp3) is 0.682. The quantitative estimate of drug-likeness (QED) is 0.326. The minimum absolute atomic E-state index is 0.202. The van der Waals surface area contributed by atoms with E-state index in [-0.39, 0.29) is 17.7 Å². The van der Waals surface area contributed by atoms with Gasteiger partial charge in [-0.1, -0.05) is 13.0 Å². The van der Waals surface area contributed by atoms with Gasteiger partial charge in [0.05, 0.1) is 0 Å². The molecule has 0 amide bonds. The van der Waals surface area contributed by atoms with E-state index in [4.69, 9.17) is 9.47 Å². The zero-order chi connectivity index (χ0) is 24.8. The number of benzene rings is 1. The van der Waals surface area contributed by atoms with Crippen LogP contribution in [-0.2, 0) is 32.5 Å². The molecule has 5 N–H and O–H groups in total. The highest BCUT2D eigenvalue weighted by molar-refractivity contribution is 7.86. The molecule has 2 aliphatic heterocycles. The molecule has 12 heteroatoms. The molecule has 0 bridgehead atoms. The van der Waals surface area contributed by atoms with Crippen LogP contribution in [0.2, 0.25) is 0 Å². The van der Waals surface area contributed by atoms with Crippen LogP contribution in [0, 0.1) is 5.92 Å². The summed E-state index contributed by atoms with van der Waals surface area (Å²) in [6.45, 7) is 4.07. The zero-order valence-electron chi connectivity index (χ0n) is 18.8. The highest BCUT2D eigenvalue weighted by atomic mass is 32.2. The largest absolute Gasteiger partial charge is 0.479 e. The summed E-state index contributed by atoms with van der Waals surface area (Å²) in [5.41, 5.74) is 1.20. The Kier molecular flexibility index (Phi) is 7.21. The third-order valence-electron chi connectivity index (χ3n) is 7.08. The van der Waals surface area contributed by atoms with Crippen molar-refractivity contribution in [2.75, 3.05) is 13.1 Å². The van der Waals surface area contributed by atoms with Crippen molar-refractivity contribution in [1.29, 1.82) is 0 Å². The Bertz CT molecular complexity index is 1030. The van der Waals surface area contributed by atoms with Crippen molar-refractivity contribution in [2.45, 2.75) is 80.7 Å². The number of aliphatic carboxylic acids is 1. The van der Waals surface area contributed by atoms with Crippen molar-refractivity contribution in [2.24, 2.45) is 5.92 Å². The summed E-state index contributed by atoms with van der Waals surface area (Å²) in [6, 6.07) is 3.31. The van der Waals surface area contributed by atoms with Gasteiger partial charge in [-0.3, -0.25) is 9.45 Å². The second-order valence-electron chi connectivity index (χ2n) is 9.27. The van der Waals surface area contributed by atoms with Gasteiger partial charge in [-0.15, -0.1) is 0 Å². The van der Waals surface area contributed by atoms with Crippen LogP contribution in [-0.4, -0.2) is 94.1 Å². The van der Waals surface area contributed by atoms with Crippen LogP contribution in [0.5, 0.6) is 5.75 Å². The molecule has 3 aliphatic rings. The number of nitrogens with zero attached hydrogens (tertiary/aromatic N) is 1. The number of carboxylic acid groups (broad SMARTS) is 1. The number of aliphatic hydroxyl groups is 3. The topological polar surface area (TPSA) is 174 Å². The van der Waals surface area contributed by atoms with E-state index >= 15 is 0 Å². The highest BCUT2D eigenvalue weighted by Crippen LogP contribution is 2.41. The van der Waals surface area contributed by atoms with Crippen LogP contribution < -0.4 is 4.74 Å². The molecule has 2 fully saturated rings. The average Bonchev–Trinajstić information content (AvgIpc) is 2.77. The van der Waals surface area contributed by atoms with Gasteiger partial charge in [-0.25, -0.2) is 4.79 Å². The molecule has 0 aromatic heterocycles. The lowest BCUT2D eigenvalue weighted by atomic mass is 9.75. The number of ether oxygens (including phenoxy) is 2. The molecule has 2 saturated heterocycles. The van der Waals surface area contributed by atoms with E-state index in [0.717, 1.165) is 37.9 Å². The average molecular weight is 502 g/mol. The van der Waals surface area contributed by atoms with Gasteiger partial charge in [0.25, 0.3) is 10.1 Å². The lowest BCUT2D eigenvalue weighted by Gasteiger charge is -2.45. The molecule has 34 heavy (non-hydrogen) atoms. The molecular formula is C22H31NO10S. The van der Waals surface area contributed by atoms with Gasteiger partial charge in [0.1, 0.15) is 29.0 Å². The third-order valence-corrected chi connectivity index (χ3v) is 8.04. The van der Waals surface area contributed by atoms with E-state index in [9.17, 15) is 38.2 Å². The van der Waals surface area contributed by atoms with Crippen molar-refractivity contribution in [3.63, 3.8) is 0 Å². The van der Waals surface area contributed by atoms with Gasteiger partial charge in [0, 0.05) is 6.04 Å². The number of fused-ring (bicyclic) bond motifs is 2. The van der Waals surface area contributed by atoms with E-state index in [1.54, 1.807) is 6.07 Å². The molecule has 11 nitrogen and oxygen atoms in total. The number of carboxylic acids is 1. The van der Waals surface area contributed by atoms with Gasteiger partial charge in [-0.2, -0.15) is 8.42 Å². The van der Waals surface area contributed by atoms with Gasteiger partial charge < -0.3 is 29.9 Å². The molecule has 4 rings (SSSR count). The van der Waals surface area contributed by atoms with Crippen LogP contribution in [0.25, 0.3) is 0 Å². The Labute approximate surface area is 197 Å². The van der Waals surface area contributed by atoms with Crippen LogP contribution in [0.3, 0.4) is 0 Å². The second kappa shape index (κ2) is 9.69. The number of aliphatic hydroxyl groups excluding tert-OH is 3. The van der Waals surface area contributed by atoms with E-state index in [1.807, 2.05) is 0 Å². The molecule has 0 radical (unpaired) electrons. The first-order valence-electron chi connectivity index (χ1n) is 11.5. The summed E-state index contributed by atoms with van der Waals surface area (Å²) >= 11 is 0. The molecule has 0 saturated carbocycles. The first-order valence-corrected chi connectivity index (χ1v) is 12.9. The zero-order valence-corrected chi connectivity index (χ0v) is 19.6. The van der Waals surface area contributed by atoms with E-state index in [2.05, 4.69) is 11.8 Å². The van der Waals surface area contributed by atoms with Gasteiger partial charge >= 0.3 is 5.97 Å². The molecule has 1 unspecified atom stereocenters. The number of hydrogen-bond donors (Lipinski definition) is 5. The van der Waals surface area contributed by atoms with E-state index in [1.165, 1.54) is 6.07 Å². The second-order valence-corrected chi connectivity index (χ2v) is 10.6. The molecule has 1 aliphatic carbocycles. The first-order chi connectivity index (χ1) is 16.0. The SMILES string of the molecule is CCCN1CCC[C@@H]2Cc3c(ccc(O[C@@H]4OC(C(=O)O)[C@@H](O)[C@H](O)[C@H]4O)c3S(=O)(=O)O)C[C@H]21. The number of carbonyl (C=O) groups is 1. The normalized spacial score (nSPS) is 34.2. The number of rotatable bonds is 6. The van der Waals surface area contributed by atoms with Crippen LogP contribution >= 0.6 is 0 Å². The number of hydrogen-bond acceptors (Lipinski definition) is 9. The Morgan fingerprint density at radius 2 is 1.91 bits per heavy atom. The monoisotopic (exact) mass is 501 g/mol. The van der Waals surface area contributed by atoms with Gasteiger partial charge in [0.2, 0.25) is 6.29 Å². The Hall–Kier alpha value is -1.80. The molecule has 190 valence electrons. The van der Waals surface area contributed by atoms with Crippen LogP contribution in [0.1, 0.15) is 37.3 Å². The maximum Gasteiger partial charge on any atom is 0.335 e. The van der Waals surface area contributed by atoms with Crippen LogP contribution in [0.15, 0.2) is 17.0 Å². The molecule has 1 aromatic carbocycles. The summed E-state index contributed by atoms with van der Waals surface area (Å²) in [7, 11) is -4.76. The Morgan fingerprint density at radius 1 is 1.18 bits per heavy atom. The summed E-state index contributed by atoms with van der Waals surface area (Å²) in [5, 5.41) is 39.4. The van der Waals surface area contributed by atoms with Crippen molar-refractivity contribution >= 4 is 16.1 Å². The summed E-state index contributed by atoms with van der Waals surface area (Å²) in [6.07, 6.45) is -5.39.